The molecular weight excluding hydrogens is 304 g/mol. The molecule has 2 N–H and O–H groups in total. The molecule has 0 unspecified atom stereocenters. The van der Waals surface area contributed by atoms with Gasteiger partial charge in [-0.3, -0.25) is 4.79 Å². The van der Waals surface area contributed by atoms with Gasteiger partial charge in [-0.25, -0.2) is 4.79 Å². The normalized spacial score (nSPS) is 11.0. The van der Waals surface area contributed by atoms with Crippen molar-refractivity contribution in [1.29, 1.82) is 0 Å². The van der Waals surface area contributed by atoms with Gasteiger partial charge in [0.15, 0.2) is 0 Å². The molecule has 2 heterocycles. The molecule has 0 saturated heterocycles. The number of carbonyl (C=O) groups is 1. The minimum absolute atomic E-state index is 0.254. The molecule has 24 heavy (non-hydrogen) atoms. The lowest BCUT2D eigenvalue weighted by molar-refractivity contribution is 0.102. The van der Waals surface area contributed by atoms with Gasteiger partial charge in [-0.2, -0.15) is 0 Å². The van der Waals surface area contributed by atoms with Crippen molar-refractivity contribution in [3.05, 3.63) is 76.3 Å². The molecule has 4 rings (SSSR count). The molecule has 0 aliphatic rings. The Balaban J connectivity index is 1.68. The second kappa shape index (κ2) is 5.38. The van der Waals surface area contributed by atoms with Gasteiger partial charge in [0.1, 0.15) is 5.58 Å². The monoisotopic (exact) mass is 318 g/mol. The highest BCUT2D eigenvalue weighted by Crippen LogP contribution is 2.21. The van der Waals surface area contributed by atoms with Crippen LogP contribution >= 0.6 is 0 Å². The average molecular weight is 318 g/mol. The Morgan fingerprint density at radius 1 is 1.08 bits per heavy atom. The zero-order chi connectivity index (χ0) is 16.7. The first-order valence-corrected chi connectivity index (χ1v) is 7.53. The van der Waals surface area contributed by atoms with Crippen molar-refractivity contribution in [1.82, 2.24) is 4.98 Å². The minimum Gasteiger partial charge on any atom is -0.423 e. The Morgan fingerprint density at radius 3 is 2.83 bits per heavy atom. The standard InChI is InChI=1S/C19H14N2O3/c1-11-8-18(22)24-17-10-13(2-4-15(11)17)19(23)21-14-3-5-16-12(9-14)6-7-20-16/h2-10,20H,1H3,(H,21,23). The van der Waals surface area contributed by atoms with Crippen molar-refractivity contribution >= 4 is 33.5 Å². The van der Waals surface area contributed by atoms with E-state index in [0.29, 0.717) is 16.8 Å². The van der Waals surface area contributed by atoms with Crippen LogP contribution in [0, 0.1) is 6.92 Å². The largest absolute Gasteiger partial charge is 0.423 e. The van der Waals surface area contributed by atoms with Crippen molar-refractivity contribution in [2.45, 2.75) is 6.92 Å². The summed E-state index contributed by atoms with van der Waals surface area (Å²) >= 11 is 0. The van der Waals surface area contributed by atoms with Gasteiger partial charge in [-0.15, -0.1) is 0 Å². The van der Waals surface area contributed by atoms with Crippen LogP contribution in [-0.2, 0) is 0 Å². The zero-order valence-corrected chi connectivity index (χ0v) is 12.9. The van der Waals surface area contributed by atoms with Crippen LogP contribution in [0.3, 0.4) is 0 Å². The molecule has 5 nitrogen and oxygen atoms in total. The number of aromatic nitrogens is 1. The van der Waals surface area contributed by atoms with E-state index in [9.17, 15) is 9.59 Å². The average Bonchev–Trinajstić information content (AvgIpc) is 3.01. The van der Waals surface area contributed by atoms with Crippen LogP contribution < -0.4 is 10.9 Å². The van der Waals surface area contributed by atoms with Crippen molar-refractivity contribution in [2.75, 3.05) is 5.32 Å². The Labute approximate surface area is 136 Å². The minimum atomic E-state index is -0.421. The van der Waals surface area contributed by atoms with E-state index in [-0.39, 0.29) is 5.91 Å². The van der Waals surface area contributed by atoms with Crippen molar-refractivity contribution in [2.24, 2.45) is 0 Å². The number of fused-ring (bicyclic) bond motifs is 2. The summed E-state index contributed by atoms with van der Waals surface area (Å²) in [7, 11) is 0. The quantitative estimate of drug-likeness (QED) is 0.551. The second-order valence-corrected chi connectivity index (χ2v) is 5.69. The summed E-state index contributed by atoms with van der Waals surface area (Å²) in [4.78, 5) is 27.1. The van der Waals surface area contributed by atoms with Gasteiger partial charge in [-0.1, -0.05) is 6.07 Å². The number of rotatable bonds is 2. The predicted molar refractivity (Wildman–Crippen MR) is 93.5 cm³/mol. The highest BCUT2D eigenvalue weighted by atomic mass is 16.4. The van der Waals surface area contributed by atoms with Crippen LogP contribution in [0.25, 0.3) is 21.9 Å². The number of hydrogen-bond donors (Lipinski definition) is 2. The fourth-order valence-electron chi connectivity index (χ4n) is 2.80. The molecule has 2 aromatic heterocycles. The third kappa shape index (κ3) is 2.46. The maximum Gasteiger partial charge on any atom is 0.336 e. The molecular formula is C19H14N2O3. The fourth-order valence-corrected chi connectivity index (χ4v) is 2.80. The van der Waals surface area contributed by atoms with E-state index in [1.807, 2.05) is 37.4 Å². The van der Waals surface area contributed by atoms with Gasteiger partial charge in [0.25, 0.3) is 5.91 Å². The third-order valence-electron chi connectivity index (χ3n) is 4.02. The molecule has 4 aromatic rings. The molecule has 0 saturated carbocycles. The first kappa shape index (κ1) is 14.3. The first-order chi connectivity index (χ1) is 11.6. The van der Waals surface area contributed by atoms with Crippen LogP contribution in [0.1, 0.15) is 15.9 Å². The fraction of sp³-hybridized carbons (Fsp3) is 0.0526. The molecule has 2 aromatic carbocycles. The Kier molecular flexibility index (Phi) is 3.20. The Morgan fingerprint density at radius 2 is 1.96 bits per heavy atom. The third-order valence-corrected chi connectivity index (χ3v) is 4.02. The van der Waals surface area contributed by atoms with E-state index >= 15 is 0 Å². The SMILES string of the molecule is Cc1cc(=O)oc2cc(C(=O)Nc3ccc4[nH]ccc4c3)ccc12. The molecule has 0 aliphatic carbocycles. The summed E-state index contributed by atoms with van der Waals surface area (Å²) in [5.74, 6) is -0.254. The molecule has 0 bridgehead atoms. The van der Waals surface area contributed by atoms with Crippen LogP contribution in [0.4, 0.5) is 5.69 Å². The van der Waals surface area contributed by atoms with Crippen molar-refractivity contribution < 1.29 is 9.21 Å². The number of H-pyrrole nitrogens is 1. The highest BCUT2D eigenvalue weighted by Gasteiger charge is 2.10. The summed E-state index contributed by atoms with van der Waals surface area (Å²) in [6.07, 6.45) is 1.85. The number of anilines is 1. The lowest BCUT2D eigenvalue weighted by atomic mass is 10.1. The number of carbonyl (C=O) groups excluding carboxylic acids is 1. The summed E-state index contributed by atoms with van der Waals surface area (Å²) in [6, 6.07) is 14.1. The van der Waals surface area contributed by atoms with E-state index in [2.05, 4.69) is 10.3 Å². The maximum atomic E-state index is 12.5. The first-order valence-electron chi connectivity index (χ1n) is 7.53. The van der Waals surface area contributed by atoms with E-state index in [4.69, 9.17) is 4.42 Å². The molecule has 1 amide bonds. The van der Waals surface area contributed by atoms with Crippen LogP contribution in [0.5, 0.6) is 0 Å². The predicted octanol–water partition coefficient (Wildman–Crippen LogP) is 3.84. The Bertz CT molecular complexity index is 1140. The highest BCUT2D eigenvalue weighted by molar-refractivity contribution is 6.06. The van der Waals surface area contributed by atoms with E-state index in [0.717, 1.165) is 21.9 Å². The van der Waals surface area contributed by atoms with E-state index in [1.165, 1.54) is 6.07 Å². The molecule has 118 valence electrons. The van der Waals surface area contributed by atoms with Crippen LogP contribution in [-0.4, -0.2) is 10.9 Å². The van der Waals surface area contributed by atoms with Gasteiger partial charge < -0.3 is 14.7 Å². The second-order valence-electron chi connectivity index (χ2n) is 5.69. The molecule has 0 spiro atoms. The summed E-state index contributed by atoms with van der Waals surface area (Å²) < 4.78 is 5.19. The molecule has 0 fully saturated rings. The van der Waals surface area contributed by atoms with Gasteiger partial charge in [0.2, 0.25) is 0 Å². The lowest BCUT2D eigenvalue weighted by Crippen LogP contribution is -2.12. The number of benzene rings is 2. The summed E-state index contributed by atoms with van der Waals surface area (Å²) in [5.41, 5.74) is 2.97. The van der Waals surface area contributed by atoms with E-state index in [1.54, 1.807) is 18.2 Å². The van der Waals surface area contributed by atoms with Crippen molar-refractivity contribution in [3.8, 4) is 0 Å². The topological polar surface area (TPSA) is 75.1 Å². The summed E-state index contributed by atoms with van der Waals surface area (Å²) in [5, 5.41) is 4.70. The molecule has 0 radical (unpaired) electrons. The van der Waals surface area contributed by atoms with E-state index < -0.39 is 5.63 Å². The van der Waals surface area contributed by atoms with Crippen LogP contribution in [0.15, 0.2) is 63.9 Å². The number of aryl methyl sites for hydroxylation is 1. The maximum absolute atomic E-state index is 12.5. The zero-order valence-electron chi connectivity index (χ0n) is 12.9. The number of nitrogens with one attached hydrogen (secondary N) is 2. The summed E-state index contributed by atoms with van der Waals surface area (Å²) in [6.45, 7) is 1.84. The Hall–Kier alpha value is -3.34. The molecule has 0 aliphatic heterocycles. The number of hydrogen-bond acceptors (Lipinski definition) is 3. The van der Waals surface area contributed by atoms with Crippen LogP contribution in [0.2, 0.25) is 0 Å². The van der Waals surface area contributed by atoms with Gasteiger partial charge in [0, 0.05) is 39.8 Å². The number of amides is 1. The molecule has 0 atom stereocenters. The lowest BCUT2D eigenvalue weighted by Gasteiger charge is -2.07. The van der Waals surface area contributed by atoms with Gasteiger partial charge in [0.05, 0.1) is 0 Å². The smallest absolute Gasteiger partial charge is 0.336 e. The van der Waals surface area contributed by atoms with Crippen molar-refractivity contribution in [3.63, 3.8) is 0 Å². The van der Waals surface area contributed by atoms with Gasteiger partial charge >= 0.3 is 5.63 Å². The number of aromatic amines is 1. The van der Waals surface area contributed by atoms with Gasteiger partial charge in [-0.05, 0) is 48.9 Å². The molecule has 5 heteroatoms.